The molecule has 0 saturated heterocycles. The topological polar surface area (TPSA) is 26.3 Å². The molecule has 0 unspecified atom stereocenters. The number of rotatable bonds is 5. The van der Waals surface area contributed by atoms with Crippen molar-refractivity contribution in [3.63, 3.8) is 0 Å². The maximum atomic E-state index is 12.1. The van der Waals surface area contributed by atoms with Gasteiger partial charge in [-0.15, -0.1) is 0 Å². The summed E-state index contributed by atoms with van der Waals surface area (Å²) in [6.07, 6.45) is 1.19. The van der Waals surface area contributed by atoms with E-state index in [-0.39, 0.29) is 5.78 Å². The summed E-state index contributed by atoms with van der Waals surface area (Å²) in [5, 5.41) is 0.626. The van der Waals surface area contributed by atoms with Gasteiger partial charge in [-0.25, -0.2) is 0 Å². The third-order valence-corrected chi connectivity index (χ3v) is 4.61. The molecule has 2 rings (SSSR count). The highest BCUT2D eigenvalue weighted by molar-refractivity contribution is 14.1. The molecule has 0 bridgehead atoms. The first kappa shape index (κ1) is 15.3. The highest BCUT2D eigenvalue weighted by atomic mass is 127. The van der Waals surface area contributed by atoms with E-state index in [9.17, 15) is 4.79 Å². The van der Waals surface area contributed by atoms with Crippen LogP contribution < -0.4 is 4.74 Å². The third kappa shape index (κ3) is 3.96. The SMILES string of the molecule is COc1ccc(CCC(=O)c2ccc(I)c(Cl)c2)cc1. The van der Waals surface area contributed by atoms with Crippen molar-refractivity contribution >= 4 is 40.0 Å². The molecule has 4 heteroatoms. The van der Waals surface area contributed by atoms with Crippen molar-refractivity contribution in [3.8, 4) is 5.75 Å². The number of carbonyl (C=O) groups excluding carboxylic acids is 1. The number of hydrogen-bond acceptors (Lipinski definition) is 2. The Kier molecular flexibility index (Phi) is 5.43. The zero-order valence-electron chi connectivity index (χ0n) is 11.0. The van der Waals surface area contributed by atoms with E-state index in [0.29, 0.717) is 23.4 Å². The molecule has 2 aromatic carbocycles. The van der Waals surface area contributed by atoms with E-state index >= 15 is 0 Å². The highest BCUT2D eigenvalue weighted by Crippen LogP contribution is 2.21. The zero-order valence-corrected chi connectivity index (χ0v) is 13.9. The van der Waals surface area contributed by atoms with E-state index in [2.05, 4.69) is 22.6 Å². The molecule has 0 aromatic heterocycles. The average molecular weight is 401 g/mol. The molecule has 0 spiro atoms. The van der Waals surface area contributed by atoms with Crippen LogP contribution in [0, 0.1) is 3.57 Å². The Bertz CT molecular complexity index is 608. The number of benzene rings is 2. The lowest BCUT2D eigenvalue weighted by Gasteiger charge is -2.05. The van der Waals surface area contributed by atoms with Crippen LogP contribution in [0.1, 0.15) is 22.3 Å². The minimum Gasteiger partial charge on any atom is -0.497 e. The molecule has 0 saturated carbocycles. The monoisotopic (exact) mass is 400 g/mol. The van der Waals surface area contributed by atoms with Gasteiger partial charge in [-0.3, -0.25) is 4.79 Å². The van der Waals surface area contributed by atoms with Gasteiger partial charge in [0.1, 0.15) is 5.75 Å². The predicted octanol–water partition coefficient (Wildman–Crippen LogP) is 4.77. The van der Waals surface area contributed by atoms with Crippen molar-refractivity contribution in [3.05, 3.63) is 62.2 Å². The molecule has 0 aliphatic rings. The van der Waals surface area contributed by atoms with Gasteiger partial charge < -0.3 is 4.74 Å². The van der Waals surface area contributed by atoms with Gasteiger partial charge in [0.2, 0.25) is 0 Å². The van der Waals surface area contributed by atoms with Crippen LogP contribution in [0.4, 0.5) is 0 Å². The number of ether oxygens (including phenoxy) is 1. The molecule has 0 fully saturated rings. The third-order valence-electron chi connectivity index (χ3n) is 3.04. The Labute approximate surface area is 137 Å². The summed E-state index contributed by atoms with van der Waals surface area (Å²) in [6, 6.07) is 13.2. The highest BCUT2D eigenvalue weighted by Gasteiger charge is 2.08. The number of halogens is 2. The van der Waals surface area contributed by atoms with Gasteiger partial charge in [-0.2, -0.15) is 0 Å². The lowest BCUT2D eigenvalue weighted by molar-refractivity contribution is 0.0983. The molecule has 0 radical (unpaired) electrons. The van der Waals surface area contributed by atoms with E-state index in [1.807, 2.05) is 36.4 Å². The molecule has 0 amide bonds. The van der Waals surface area contributed by atoms with E-state index in [1.54, 1.807) is 13.2 Å². The standard InChI is InChI=1S/C16H14ClIO2/c1-20-13-6-2-11(3-7-13)4-9-16(19)12-5-8-15(18)14(17)10-12/h2-3,5-8,10H,4,9H2,1H3. The Hall–Kier alpha value is -1.07. The van der Waals surface area contributed by atoms with Gasteiger partial charge in [0, 0.05) is 15.6 Å². The number of carbonyl (C=O) groups is 1. The molecule has 20 heavy (non-hydrogen) atoms. The van der Waals surface area contributed by atoms with E-state index in [1.165, 1.54) is 0 Å². The van der Waals surface area contributed by atoms with Crippen LogP contribution in [-0.4, -0.2) is 12.9 Å². The molecule has 0 N–H and O–H groups in total. The van der Waals surface area contributed by atoms with Gasteiger partial charge >= 0.3 is 0 Å². The number of methoxy groups -OCH3 is 1. The Balaban J connectivity index is 1.98. The minimum atomic E-state index is 0.110. The van der Waals surface area contributed by atoms with Crippen molar-refractivity contribution in [2.45, 2.75) is 12.8 Å². The lowest BCUT2D eigenvalue weighted by Crippen LogP contribution is -2.01. The molecule has 104 valence electrons. The second kappa shape index (κ2) is 7.09. The van der Waals surface area contributed by atoms with Gasteiger partial charge in [-0.05, 0) is 58.8 Å². The van der Waals surface area contributed by atoms with E-state index in [0.717, 1.165) is 14.9 Å². The first-order chi connectivity index (χ1) is 9.60. The smallest absolute Gasteiger partial charge is 0.163 e. The second-order valence-corrected chi connectivity index (χ2v) is 5.97. The van der Waals surface area contributed by atoms with E-state index < -0.39 is 0 Å². The largest absolute Gasteiger partial charge is 0.497 e. The normalized spacial score (nSPS) is 10.3. The van der Waals surface area contributed by atoms with Gasteiger partial charge in [0.05, 0.1) is 12.1 Å². The molecular formula is C16H14ClIO2. The van der Waals surface area contributed by atoms with Crippen molar-refractivity contribution in [2.24, 2.45) is 0 Å². The second-order valence-electron chi connectivity index (χ2n) is 4.40. The number of hydrogen-bond donors (Lipinski definition) is 0. The minimum absolute atomic E-state index is 0.110. The van der Waals surface area contributed by atoms with Crippen molar-refractivity contribution < 1.29 is 9.53 Å². The molecule has 0 aliphatic carbocycles. The van der Waals surface area contributed by atoms with Crippen molar-refractivity contribution in [1.82, 2.24) is 0 Å². The fourth-order valence-corrected chi connectivity index (χ4v) is 2.38. The van der Waals surface area contributed by atoms with E-state index in [4.69, 9.17) is 16.3 Å². The first-order valence-electron chi connectivity index (χ1n) is 6.21. The van der Waals surface area contributed by atoms with Gasteiger partial charge in [-0.1, -0.05) is 29.8 Å². The molecule has 2 nitrogen and oxygen atoms in total. The Morgan fingerprint density at radius 1 is 1.20 bits per heavy atom. The van der Waals surface area contributed by atoms with Crippen LogP contribution in [0.5, 0.6) is 5.75 Å². The maximum Gasteiger partial charge on any atom is 0.163 e. The van der Waals surface area contributed by atoms with Crippen LogP contribution in [0.3, 0.4) is 0 Å². The quantitative estimate of drug-likeness (QED) is 0.534. The van der Waals surface area contributed by atoms with Crippen LogP contribution in [0.2, 0.25) is 5.02 Å². The van der Waals surface area contributed by atoms with Crippen LogP contribution >= 0.6 is 34.2 Å². The predicted molar refractivity (Wildman–Crippen MR) is 89.8 cm³/mol. The summed E-state index contributed by atoms with van der Waals surface area (Å²) in [7, 11) is 1.64. The Morgan fingerprint density at radius 3 is 2.50 bits per heavy atom. The molecular weight excluding hydrogens is 387 g/mol. The lowest BCUT2D eigenvalue weighted by atomic mass is 10.0. The maximum absolute atomic E-state index is 12.1. The summed E-state index contributed by atoms with van der Waals surface area (Å²) in [5.74, 6) is 0.934. The summed E-state index contributed by atoms with van der Waals surface area (Å²) in [5.41, 5.74) is 1.79. The zero-order chi connectivity index (χ0) is 14.5. The number of ketones is 1. The van der Waals surface area contributed by atoms with Crippen molar-refractivity contribution in [2.75, 3.05) is 7.11 Å². The number of aryl methyl sites for hydroxylation is 1. The molecule has 0 heterocycles. The number of Topliss-reactive ketones (excluding diaryl/α,β-unsaturated/α-hetero) is 1. The van der Waals surface area contributed by atoms with Gasteiger partial charge in [0.15, 0.2) is 5.78 Å². The molecule has 2 aromatic rings. The fourth-order valence-electron chi connectivity index (χ4n) is 1.86. The summed E-state index contributed by atoms with van der Waals surface area (Å²) in [6.45, 7) is 0. The van der Waals surface area contributed by atoms with Gasteiger partial charge in [0.25, 0.3) is 0 Å². The van der Waals surface area contributed by atoms with Crippen LogP contribution in [0.25, 0.3) is 0 Å². The van der Waals surface area contributed by atoms with Crippen LogP contribution in [0.15, 0.2) is 42.5 Å². The van der Waals surface area contributed by atoms with Crippen LogP contribution in [-0.2, 0) is 6.42 Å². The summed E-state index contributed by atoms with van der Waals surface area (Å²) < 4.78 is 6.06. The molecule has 0 atom stereocenters. The fraction of sp³-hybridized carbons (Fsp3) is 0.188. The van der Waals surface area contributed by atoms with Crippen molar-refractivity contribution in [1.29, 1.82) is 0 Å². The Morgan fingerprint density at radius 2 is 1.90 bits per heavy atom. The summed E-state index contributed by atoms with van der Waals surface area (Å²) in [4.78, 5) is 12.1. The average Bonchev–Trinajstić information content (AvgIpc) is 2.48. The summed E-state index contributed by atoms with van der Waals surface area (Å²) >= 11 is 8.18. The molecule has 0 aliphatic heterocycles. The first-order valence-corrected chi connectivity index (χ1v) is 7.67.